The zero-order valence-electron chi connectivity index (χ0n) is 8.33. The van der Waals surface area contributed by atoms with E-state index in [2.05, 4.69) is 12.2 Å². The first-order valence-electron chi connectivity index (χ1n) is 5.35. The standard InChI is InChI=1S/C10H20N2O/c1-7-6-13-3-2-10(7)12-9-4-8(11)5-9/h7-10,12H,2-6,11H2,1H3. The van der Waals surface area contributed by atoms with Crippen LogP contribution in [-0.4, -0.2) is 31.3 Å². The lowest BCUT2D eigenvalue weighted by Gasteiger charge is -2.39. The van der Waals surface area contributed by atoms with E-state index in [0.717, 1.165) is 32.5 Å². The van der Waals surface area contributed by atoms with Crippen LogP contribution >= 0.6 is 0 Å². The second kappa shape index (κ2) is 3.95. The topological polar surface area (TPSA) is 47.3 Å². The molecule has 3 heteroatoms. The van der Waals surface area contributed by atoms with E-state index in [1.807, 2.05) is 0 Å². The summed E-state index contributed by atoms with van der Waals surface area (Å²) in [4.78, 5) is 0. The number of nitrogens with two attached hydrogens (primary N) is 1. The zero-order chi connectivity index (χ0) is 9.26. The largest absolute Gasteiger partial charge is 0.381 e. The van der Waals surface area contributed by atoms with Crippen molar-refractivity contribution >= 4 is 0 Å². The molecule has 1 aliphatic heterocycles. The Morgan fingerprint density at radius 3 is 2.77 bits per heavy atom. The van der Waals surface area contributed by atoms with Crippen molar-refractivity contribution in [2.75, 3.05) is 13.2 Å². The second-order valence-electron chi connectivity index (χ2n) is 4.54. The summed E-state index contributed by atoms with van der Waals surface area (Å²) in [6.45, 7) is 4.09. The molecule has 1 saturated carbocycles. The summed E-state index contributed by atoms with van der Waals surface area (Å²) >= 11 is 0. The van der Waals surface area contributed by atoms with Crippen LogP contribution in [0.25, 0.3) is 0 Å². The zero-order valence-corrected chi connectivity index (χ0v) is 8.33. The molecule has 2 atom stereocenters. The summed E-state index contributed by atoms with van der Waals surface area (Å²) in [7, 11) is 0. The van der Waals surface area contributed by atoms with Gasteiger partial charge in [0.1, 0.15) is 0 Å². The third kappa shape index (κ3) is 2.22. The van der Waals surface area contributed by atoms with Crippen LogP contribution in [0.3, 0.4) is 0 Å². The number of ether oxygens (including phenoxy) is 1. The van der Waals surface area contributed by atoms with E-state index in [-0.39, 0.29) is 0 Å². The van der Waals surface area contributed by atoms with Gasteiger partial charge in [0, 0.05) is 24.7 Å². The van der Waals surface area contributed by atoms with Crippen LogP contribution in [0.5, 0.6) is 0 Å². The Morgan fingerprint density at radius 1 is 1.38 bits per heavy atom. The van der Waals surface area contributed by atoms with E-state index in [9.17, 15) is 0 Å². The number of nitrogens with one attached hydrogen (secondary N) is 1. The SMILES string of the molecule is CC1COCCC1NC1CC(N)C1. The maximum Gasteiger partial charge on any atom is 0.0506 e. The van der Waals surface area contributed by atoms with Crippen molar-refractivity contribution in [1.29, 1.82) is 0 Å². The van der Waals surface area contributed by atoms with Gasteiger partial charge in [-0.15, -0.1) is 0 Å². The van der Waals surface area contributed by atoms with E-state index in [1.54, 1.807) is 0 Å². The fourth-order valence-electron chi connectivity index (χ4n) is 2.23. The molecule has 3 nitrogen and oxygen atoms in total. The summed E-state index contributed by atoms with van der Waals surface area (Å²) in [5, 5.41) is 3.68. The summed E-state index contributed by atoms with van der Waals surface area (Å²) < 4.78 is 5.40. The Kier molecular flexibility index (Phi) is 2.86. The molecule has 0 spiro atoms. The molecule has 1 aliphatic carbocycles. The molecule has 2 unspecified atom stereocenters. The highest BCUT2D eigenvalue weighted by atomic mass is 16.5. The predicted octanol–water partition coefficient (Wildman–Crippen LogP) is 0.491. The number of rotatable bonds is 2. The highest BCUT2D eigenvalue weighted by Crippen LogP contribution is 2.22. The van der Waals surface area contributed by atoms with Crippen molar-refractivity contribution < 1.29 is 4.74 Å². The minimum Gasteiger partial charge on any atom is -0.381 e. The molecule has 1 heterocycles. The molecule has 0 aromatic rings. The van der Waals surface area contributed by atoms with Crippen molar-refractivity contribution in [2.45, 2.75) is 44.3 Å². The average Bonchev–Trinajstić information content (AvgIpc) is 2.06. The van der Waals surface area contributed by atoms with E-state index in [1.165, 1.54) is 0 Å². The van der Waals surface area contributed by atoms with Gasteiger partial charge in [-0.2, -0.15) is 0 Å². The Hall–Kier alpha value is -0.120. The normalized spacial score (nSPS) is 45.7. The molecule has 2 aliphatic rings. The van der Waals surface area contributed by atoms with Crippen LogP contribution in [0.2, 0.25) is 0 Å². The van der Waals surface area contributed by atoms with Gasteiger partial charge in [0.05, 0.1) is 6.61 Å². The Morgan fingerprint density at radius 2 is 2.15 bits per heavy atom. The summed E-state index contributed by atoms with van der Waals surface area (Å²) in [6, 6.07) is 1.79. The van der Waals surface area contributed by atoms with Crippen LogP contribution in [0.4, 0.5) is 0 Å². The molecule has 3 N–H and O–H groups in total. The Labute approximate surface area is 80.0 Å². The predicted molar refractivity (Wildman–Crippen MR) is 52.5 cm³/mol. The molecule has 2 rings (SSSR count). The molecular weight excluding hydrogens is 164 g/mol. The number of hydrogen-bond acceptors (Lipinski definition) is 3. The molecular formula is C10H20N2O. The van der Waals surface area contributed by atoms with Gasteiger partial charge in [0.2, 0.25) is 0 Å². The van der Waals surface area contributed by atoms with Crippen LogP contribution in [0.1, 0.15) is 26.2 Å². The second-order valence-corrected chi connectivity index (χ2v) is 4.54. The lowest BCUT2D eigenvalue weighted by molar-refractivity contribution is 0.0314. The van der Waals surface area contributed by atoms with Gasteiger partial charge in [-0.25, -0.2) is 0 Å². The van der Waals surface area contributed by atoms with Crippen molar-refractivity contribution in [1.82, 2.24) is 5.32 Å². The average molecular weight is 184 g/mol. The fraction of sp³-hybridized carbons (Fsp3) is 1.00. The summed E-state index contributed by atoms with van der Waals surface area (Å²) in [6.07, 6.45) is 3.47. The van der Waals surface area contributed by atoms with Crippen LogP contribution in [0.15, 0.2) is 0 Å². The molecule has 13 heavy (non-hydrogen) atoms. The first kappa shape index (κ1) is 9.44. The number of hydrogen-bond donors (Lipinski definition) is 2. The summed E-state index contributed by atoms with van der Waals surface area (Å²) in [5.41, 5.74) is 5.74. The van der Waals surface area contributed by atoms with Crippen molar-refractivity contribution in [3.8, 4) is 0 Å². The molecule has 0 amide bonds. The minimum absolute atomic E-state index is 0.452. The van der Waals surface area contributed by atoms with E-state index >= 15 is 0 Å². The van der Waals surface area contributed by atoms with Gasteiger partial charge < -0.3 is 15.8 Å². The minimum atomic E-state index is 0.452. The molecule has 0 bridgehead atoms. The smallest absolute Gasteiger partial charge is 0.0506 e. The maximum atomic E-state index is 5.74. The summed E-state index contributed by atoms with van der Waals surface area (Å²) in [5.74, 6) is 0.658. The Balaban J connectivity index is 1.73. The van der Waals surface area contributed by atoms with Gasteiger partial charge in [0.25, 0.3) is 0 Å². The first-order chi connectivity index (χ1) is 6.25. The molecule has 0 aromatic heterocycles. The van der Waals surface area contributed by atoms with Gasteiger partial charge in [-0.1, -0.05) is 6.92 Å². The quantitative estimate of drug-likeness (QED) is 0.656. The van der Waals surface area contributed by atoms with E-state index in [4.69, 9.17) is 10.5 Å². The fourth-order valence-corrected chi connectivity index (χ4v) is 2.23. The van der Waals surface area contributed by atoms with Gasteiger partial charge in [-0.3, -0.25) is 0 Å². The van der Waals surface area contributed by atoms with E-state index in [0.29, 0.717) is 24.0 Å². The lowest BCUT2D eigenvalue weighted by atomic mass is 9.85. The monoisotopic (exact) mass is 184 g/mol. The van der Waals surface area contributed by atoms with Crippen LogP contribution < -0.4 is 11.1 Å². The van der Waals surface area contributed by atoms with Gasteiger partial charge >= 0.3 is 0 Å². The van der Waals surface area contributed by atoms with E-state index < -0.39 is 0 Å². The van der Waals surface area contributed by atoms with Gasteiger partial charge in [-0.05, 0) is 25.2 Å². The van der Waals surface area contributed by atoms with Gasteiger partial charge in [0.15, 0.2) is 0 Å². The van der Waals surface area contributed by atoms with Crippen LogP contribution in [0, 0.1) is 5.92 Å². The first-order valence-corrected chi connectivity index (χ1v) is 5.35. The van der Waals surface area contributed by atoms with Crippen LogP contribution in [-0.2, 0) is 4.74 Å². The molecule has 76 valence electrons. The third-order valence-electron chi connectivity index (χ3n) is 3.27. The maximum absolute atomic E-state index is 5.74. The highest BCUT2D eigenvalue weighted by Gasteiger charge is 2.30. The Bertz CT molecular complexity index is 168. The molecule has 2 fully saturated rings. The highest BCUT2D eigenvalue weighted by molar-refractivity contribution is 4.91. The third-order valence-corrected chi connectivity index (χ3v) is 3.27. The molecule has 0 aromatic carbocycles. The van der Waals surface area contributed by atoms with Crippen molar-refractivity contribution in [3.05, 3.63) is 0 Å². The molecule has 1 saturated heterocycles. The van der Waals surface area contributed by atoms with Crippen molar-refractivity contribution in [3.63, 3.8) is 0 Å². The molecule has 0 radical (unpaired) electrons. The lowest BCUT2D eigenvalue weighted by Crippen LogP contribution is -2.54. The van der Waals surface area contributed by atoms with Crippen molar-refractivity contribution in [2.24, 2.45) is 11.7 Å².